The summed E-state index contributed by atoms with van der Waals surface area (Å²) in [5.41, 5.74) is -1.15. The summed E-state index contributed by atoms with van der Waals surface area (Å²) in [6.07, 6.45) is 0.369. The van der Waals surface area contributed by atoms with E-state index in [0.717, 1.165) is 0 Å². The van der Waals surface area contributed by atoms with Gasteiger partial charge in [0.15, 0.2) is 0 Å². The summed E-state index contributed by atoms with van der Waals surface area (Å²) in [5.74, 6) is -1.05. The Hall–Kier alpha value is -1.06. The van der Waals surface area contributed by atoms with Crippen LogP contribution in [0, 0.1) is 0 Å². The van der Waals surface area contributed by atoms with E-state index in [2.05, 4.69) is 5.32 Å². The molecule has 0 aromatic heterocycles. The van der Waals surface area contributed by atoms with Crippen LogP contribution in [-0.2, 0) is 9.59 Å². The number of carbonyl (C=O) groups excluding carboxylic acids is 1. The quantitative estimate of drug-likeness (QED) is 0.512. The van der Waals surface area contributed by atoms with Crippen LogP contribution in [0.4, 0.5) is 0 Å². The van der Waals surface area contributed by atoms with Crippen molar-refractivity contribution in [1.29, 1.82) is 0 Å². The van der Waals surface area contributed by atoms with Crippen LogP contribution in [0.3, 0.4) is 0 Å². The van der Waals surface area contributed by atoms with E-state index in [1.807, 2.05) is 0 Å². The molecule has 0 spiro atoms. The van der Waals surface area contributed by atoms with Crippen LogP contribution in [-0.4, -0.2) is 23.0 Å². The Balaban J connectivity index is 4.00. The summed E-state index contributed by atoms with van der Waals surface area (Å²) >= 11 is 0. The van der Waals surface area contributed by atoms with Crippen LogP contribution < -0.4 is 5.32 Å². The molecule has 1 amide bonds. The molecule has 0 fully saturated rings. The molecule has 0 aromatic rings. The molecule has 0 aromatic carbocycles. The molecule has 0 aliphatic rings. The predicted octanol–water partition coefficient (Wildman–Crippen LogP) is -0.404. The highest BCUT2D eigenvalue weighted by Gasteiger charge is 2.25. The lowest BCUT2D eigenvalue weighted by Gasteiger charge is -2.16. The molecule has 9 heavy (non-hydrogen) atoms. The Morgan fingerprint density at radius 2 is 2.11 bits per heavy atom. The van der Waals surface area contributed by atoms with Gasteiger partial charge in [0, 0.05) is 0 Å². The maximum atomic E-state index is 10.2. The molecule has 0 heterocycles. The summed E-state index contributed by atoms with van der Waals surface area (Å²) in [5, 5.41) is 10.5. The largest absolute Gasteiger partial charge is 0.480 e. The zero-order valence-corrected chi connectivity index (χ0v) is 5.34. The fourth-order valence-electron chi connectivity index (χ4n) is 0.209. The van der Waals surface area contributed by atoms with Gasteiger partial charge in [0.25, 0.3) is 0 Å². The molecular weight excluding hydrogens is 122 g/mol. The van der Waals surface area contributed by atoms with Crippen LogP contribution in [0.15, 0.2) is 0 Å². The van der Waals surface area contributed by atoms with E-state index in [-0.39, 0.29) is 0 Å². The molecule has 4 nitrogen and oxygen atoms in total. The van der Waals surface area contributed by atoms with Gasteiger partial charge in [-0.25, -0.2) is 4.79 Å². The molecule has 52 valence electrons. The molecule has 0 aliphatic carbocycles. The first-order chi connectivity index (χ1) is 4.00. The van der Waals surface area contributed by atoms with Gasteiger partial charge in [-0.1, -0.05) is 0 Å². The summed E-state index contributed by atoms with van der Waals surface area (Å²) in [6, 6.07) is 0. The first kappa shape index (κ1) is 7.94. The van der Waals surface area contributed by atoms with Crippen molar-refractivity contribution in [3.63, 3.8) is 0 Å². The van der Waals surface area contributed by atoms with Crippen LogP contribution in [0.5, 0.6) is 0 Å². The third-order valence-electron chi connectivity index (χ3n) is 0.954. The summed E-state index contributed by atoms with van der Waals surface area (Å²) < 4.78 is 0. The molecule has 0 saturated carbocycles. The van der Waals surface area contributed by atoms with Crippen molar-refractivity contribution in [3.05, 3.63) is 0 Å². The summed E-state index contributed by atoms with van der Waals surface area (Å²) in [4.78, 5) is 19.9. The minimum atomic E-state index is -1.15. The fourth-order valence-corrected chi connectivity index (χ4v) is 0.209. The van der Waals surface area contributed by atoms with Crippen molar-refractivity contribution < 1.29 is 14.7 Å². The second kappa shape index (κ2) is 2.48. The normalized spacial score (nSPS) is 10.4. The average Bonchev–Trinajstić information content (AvgIpc) is 1.65. The topological polar surface area (TPSA) is 66.4 Å². The predicted molar refractivity (Wildman–Crippen MR) is 30.9 cm³/mol. The third-order valence-corrected chi connectivity index (χ3v) is 0.954. The van der Waals surface area contributed by atoms with Gasteiger partial charge in [0.2, 0.25) is 6.41 Å². The molecule has 0 atom stereocenters. The second-order valence-corrected chi connectivity index (χ2v) is 2.19. The number of nitrogens with one attached hydrogen (secondary N) is 1. The minimum Gasteiger partial charge on any atom is -0.480 e. The Kier molecular flexibility index (Phi) is 2.19. The molecule has 0 unspecified atom stereocenters. The van der Waals surface area contributed by atoms with Crippen molar-refractivity contribution in [2.24, 2.45) is 0 Å². The van der Waals surface area contributed by atoms with Crippen molar-refractivity contribution in [2.45, 2.75) is 19.4 Å². The van der Waals surface area contributed by atoms with E-state index in [9.17, 15) is 9.59 Å². The van der Waals surface area contributed by atoms with Gasteiger partial charge in [-0.15, -0.1) is 0 Å². The first-order valence-corrected chi connectivity index (χ1v) is 2.45. The van der Waals surface area contributed by atoms with E-state index in [1.54, 1.807) is 0 Å². The molecule has 0 radical (unpaired) electrons. The monoisotopic (exact) mass is 131 g/mol. The average molecular weight is 131 g/mol. The second-order valence-electron chi connectivity index (χ2n) is 2.19. The highest BCUT2D eigenvalue weighted by Crippen LogP contribution is 1.98. The third kappa shape index (κ3) is 2.12. The Morgan fingerprint density at radius 3 is 2.22 bits per heavy atom. The van der Waals surface area contributed by atoms with Crippen LogP contribution in [0.2, 0.25) is 0 Å². The number of carbonyl (C=O) groups is 2. The van der Waals surface area contributed by atoms with Crippen LogP contribution >= 0.6 is 0 Å². The lowest BCUT2D eigenvalue weighted by molar-refractivity contribution is -0.144. The number of hydrogen-bond donors (Lipinski definition) is 2. The minimum absolute atomic E-state index is 0.369. The van der Waals surface area contributed by atoms with Gasteiger partial charge < -0.3 is 10.4 Å². The lowest BCUT2D eigenvalue weighted by atomic mass is 10.1. The van der Waals surface area contributed by atoms with E-state index >= 15 is 0 Å². The highest BCUT2D eigenvalue weighted by molar-refractivity contribution is 5.80. The molecule has 2 N–H and O–H groups in total. The fraction of sp³-hybridized carbons (Fsp3) is 0.600. The molecule has 0 saturated heterocycles. The Labute approximate surface area is 52.9 Å². The standard InChI is InChI=1S/C5H9NO3/c1-5(2,4(8)9)6-3-7/h3H,1-2H3,(H,6,7)(H,8,9). The number of carboxylic acids is 1. The number of hydrogen-bond acceptors (Lipinski definition) is 2. The maximum Gasteiger partial charge on any atom is 0.328 e. The van der Waals surface area contributed by atoms with Gasteiger partial charge in [-0.3, -0.25) is 4.79 Å². The molecular formula is C5H9NO3. The van der Waals surface area contributed by atoms with Crippen molar-refractivity contribution in [3.8, 4) is 0 Å². The lowest BCUT2D eigenvalue weighted by Crippen LogP contribution is -2.45. The van der Waals surface area contributed by atoms with E-state index in [0.29, 0.717) is 6.41 Å². The first-order valence-electron chi connectivity index (χ1n) is 2.45. The summed E-state index contributed by atoms with van der Waals surface area (Å²) in [6.45, 7) is 2.81. The van der Waals surface area contributed by atoms with Crippen molar-refractivity contribution in [1.82, 2.24) is 5.32 Å². The number of amides is 1. The van der Waals surface area contributed by atoms with Crippen LogP contribution in [0.25, 0.3) is 0 Å². The van der Waals surface area contributed by atoms with E-state index in [1.165, 1.54) is 13.8 Å². The molecule has 0 bridgehead atoms. The Bertz CT molecular complexity index is 130. The number of carboxylic acid groups (broad SMARTS) is 1. The number of aliphatic carboxylic acids is 1. The van der Waals surface area contributed by atoms with Gasteiger partial charge in [-0.05, 0) is 13.8 Å². The van der Waals surface area contributed by atoms with E-state index < -0.39 is 11.5 Å². The SMILES string of the molecule is CC(C)(NC=O)C(=O)O. The van der Waals surface area contributed by atoms with Gasteiger partial charge in [0.05, 0.1) is 0 Å². The number of rotatable bonds is 3. The zero-order chi connectivity index (χ0) is 7.49. The molecule has 4 heteroatoms. The maximum absolute atomic E-state index is 10.2. The van der Waals surface area contributed by atoms with Gasteiger partial charge >= 0.3 is 5.97 Å². The van der Waals surface area contributed by atoms with Gasteiger partial charge in [-0.2, -0.15) is 0 Å². The van der Waals surface area contributed by atoms with Crippen molar-refractivity contribution in [2.75, 3.05) is 0 Å². The smallest absolute Gasteiger partial charge is 0.328 e. The Morgan fingerprint density at radius 1 is 1.67 bits per heavy atom. The van der Waals surface area contributed by atoms with Gasteiger partial charge in [0.1, 0.15) is 5.54 Å². The van der Waals surface area contributed by atoms with E-state index in [4.69, 9.17) is 5.11 Å². The van der Waals surface area contributed by atoms with Crippen molar-refractivity contribution >= 4 is 12.4 Å². The highest BCUT2D eigenvalue weighted by atomic mass is 16.4. The molecule has 0 aliphatic heterocycles. The molecule has 0 rings (SSSR count). The zero-order valence-electron chi connectivity index (χ0n) is 5.34. The van der Waals surface area contributed by atoms with Crippen LogP contribution in [0.1, 0.15) is 13.8 Å². The summed E-state index contributed by atoms with van der Waals surface area (Å²) in [7, 11) is 0.